The van der Waals surface area contributed by atoms with Crippen molar-refractivity contribution in [1.29, 1.82) is 0 Å². The molecule has 1 unspecified atom stereocenters. The van der Waals surface area contributed by atoms with Gasteiger partial charge in [-0.15, -0.1) is 0 Å². The number of hydrogen-bond donors (Lipinski definition) is 1. The maximum Gasteiger partial charge on any atom is 0.261 e. The Balaban J connectivity index is 1.27. The van der Waals surface area contributed by atoms with E-state index in [0.29, 0.717) is 39.9 Å². The third kappa shape index (κ3) is 4.97. The maximum absolute atomic E-state index is 11.2. The predicted molar refractivity (Wildman–Crippen MR) is 209 cm³/mol. The van der Waals surface area contributed by atoms with Crippen molar-refractivity contribution >= 4 is 18.7 Å². The summed E-state index contributed by atoms with van der Waals surface area (Å²) in [4.78, 5) is 0. The molecule has 0 saturated heterocycles. The van der Waals surface area contributed by atoms with Crippen molar-refractivity contribution in [2.45, 2.75) is 138 Å². The molecule has 1 N–H and O–H groups in total. The summed E-state index contributed by atoms with van der Waals surface area (Å²) in [5.41, 5.74) is 2.56. The molecular weight excluding hydrogens is 613 g/mol. The number of aliphatic hydroxyl groups is 1. The largest absolute Gasteiger partial charge is 0.407 e. The van der Waals surface area contributed by atoms with Crippen LogP contribution in [-0.4, -0.2) is 26.1 Å². The van der Waals surface area contributed by atoms with Crippen LogP contribution in [0, 0.1) is 56.7 Å². The lowest BCUT2D eigenvalue weighted by Crippen LogP contribution is -2.69. The van der Waals surface area contributed by atoms with Gasteiger partial charge < -0.3 is 9.53 Å². The van der Waals surface area contributed by atoms with Crippen molar-refractivity contribution in [2.24, 2.45) is 56.7 Å². The lowest BCUT2D eigenvalue weighted by Gasteiger charge is -2.73. The fourth-order valence-electron chi connectivity index (χ4n) is 14.5. The van der Waals surface area contributed by atoms with E-state index in [4.69, 9.17) is 11.0 Å². The quantitative estimate of drug-likeness (QED) is 0.243. The molecule has 2 aromatic carbocycles. The first-order valence-corrected chi connectivity index (χ1v) is 22.0. The molecule has 0 radical (unpaired) electrons. The molecule has 0 spiro atoms. The van der Waals surface area contributed by atoms with Crippen molar-refractivity contribution in [3.63, 3.8) is 0 Å². The fraction of sp³-hybridized carbons (Fsp3) is 0.696. The van der Waals surface area contributed by atoms with Crippen LogP contribution in [-0.2, 0) is 4.43 Å². The Bertz CT molecular complexity index is 1490. The van der Waals surface area contributed by atoms with Crippen LogP contribution in [0.4, 0.5) is 0 Å². The van der Waals surface area contributed by atoms with Gasteiger partial charge in [-0.2, -0.15) is 0 Å². The van der Waals surface area contributed by atoms with Gasteiger partial charge in [-0.3, -0.25) is 0 Å². The Morgan fingerprint density at radius 3 is 1.94 bits per heavy atom. The molecule has 0 amide bonds. The molecule has 2 nitrogen and oxygen atoms in total. The van der Waals surface area contributed by atoms with E-state index < -0.39 is 8.32 Å². The summed E-state index contributed by atoms with van der Waals surface area (Å²) in [5.74, 6) is 3.27. The minimum Gasteiger partial charge on any atom is -0.407 e. The van der Waals surface area contributed by atoms with Crippen molar-refractivity contribution in [1.82, 2.24) is 0 Å². The van der Waals surface area contributed by atoms with Crippen LogP contribution in [0.25, 0.3) is 0 Å². The van der Waals surface area contributed by atoms with E-state index in [-0.39, 0.29) is 22.0 Å². The average molecular weight is 681 g/mol. The van der Waals surface area contributed by atoms with Gasteiger partial charge in [0.2, 0.25) is 0 Å². The molecular formula is C46H68O2Si. The Morgan fingerprint density at radius 2 is 1.37 bits per heavy atom. The molecule has 0 bridgehead atoms. The second kappa shape index (κ2) is 11.9. The van der Waals surface area contributed by atoms with Gasteiger partial charge in [-0.1, -0.05) is 128 Å². The molecule has 5 saturated carbocycles. The van der Waals surface area contributed by atoms with Crippen LogP contribution in [0.1, 0.15) is 127 Å². The molecule has 5 aliphatic rings. The van der Waals surface area contributed by atoms with Crippen molar-refractivity contribution in [3.8, 4) is 0 Å². The number of benzene rings is 2. The predicted octanol–water partition coefficient (Wildman–Crippen LogP) is 10.6. The zero-order valence-corrected chi connectivity index (χ0v) is 33.6. The molecule has 0 heterocycles. The number of aliphatic hydroxyl groups excluding tert-OH is 1. The standard InChI is InChI=1S/C46H68O2Si/c1-32(2)35-23-28-46(31-48-49(41(3,4)5,33-17-13-11-14-18-33)34-19-15-12-16-20-34)30-29-44(9)36(40(35)46)21-22-38-43(8)26-25-39(47)42(6,7)37(43)24-27-45(38,44)10/h11-20,35-40,47H,1,21-31H2,2-10H3/t35-,36?,37-,38+,39-,40+,43-,44+,45+,46+/m0/s1. The minimum atomic E-state index is -2.64. The zero-order valence-electron chi connectivity index (χ0n) is 32.6. The van der Waals surface area contributed by atoms with Crippen molar-refractivity contribution in [3.05, 3.63) is 72.8 Å². The third-order valence-electron chi connectivity index (χ3n) is 17.2. The first kappa shape index (κ1) is 35.7. The summed E-state index contributed by atoms with van der Waals surface area (Å²) in [6, 6.07) is 22.6. The first-order chi connectivity index (χ1) is 23.0. The molecule has 5 aliphatic carbocycles. The highest BCUT2D eigenvalue weighted by Crippen LogP contribution is 2.77. The van der Waals surface area contributed by atoms with Crippen LogP contribution in [0.3, 0.4) is 0 Å². The maximum atomic E-state index is 11.2. The Hall–Kier alpha value is -1.68. The molecule has 268 valence electrons. The summed E-state index contributed by atoms with van der Waals surface area (Å²) < 4.78 is 7.89. The molecule has 3 heteroatoms. The van der Waals surface area contributed by atoms with Gasteiger partial charge in [-0.25, -0.2) is 0 Å². The Morgan fingerprint density at radius 1 is 0.755 bits per heavy atom. The Labute approximate surface area is 301 Å². The van der Waals surface area contributed by atoms with Gasteiger partial charge >= 0.3 is 0 Å². The lowest BCUT2D eigenvalue weighted by molar-refractivity contribution is -0.249. The van der Waals surface area contributed by atoms with Gasteiger partial charge in [0.05, 0.1) is 6.10 Å². The second-order valence-corrected chi connectivity index (χ2v) is 24.7. The summed E-state index contributed by atoms with van der Waals surface area (Å²) in [7, 11) is -2.64. The number of hydrogen-bond acceptors (Lipinski definition) is 2. The monoisotopic (exact) mass is 680 g/mol. The summed E-state index contributed by atoms with van der Waals surface area (Å²) >= 11 is 0. The lowest BCUT2D eigenvalue weighted by atomic mass is 9.32. The number of fused-ring (bicyclic) bond motifs is 7. The normalized spacial score (nSPS) is 41.6. The summed E-state index contributed by atoms with van der Waals surface area (Å²) in [6.07, 6.45) is 12.4. The van der Waals surface area contributed by atoms with Crippen LogP contribution in [0.2, 0.25) is 5.04 Å². The van der Waals surface area contributed by atoms with Gasteiger partial charge in [-0.05, 0) is 143 Å². The van der Waals surface area contributed by atoms with E-state index in [1.165, 1.54) is 73.7 Å². The molecule has 0 aliphatic heterocycles. The smallest absolute Gasteiger partial charge is 0.261 e. The highest BCUT2D eigenvalue weighted by Gasteiger charge is 2.71. The topological polar surface area (TPSA) is 29.5 Å². The summed E-state index contributed by atoms with van der Waals surface area (Å²) in [6.45, 7) is 28.1. The average Bonchev–Trinajstić information content (AvgIpc) is 3.44. The van der Waals surface area contributed by atoms with Crippen molar-refractivity contribution < 1.29 is 9.53 Å². The van der Waals surface area contributed by atoms with E-state index in [1.54, 1.807) is 0 Å². The van der Waals surface area contributed by atoms with Crippen LogP contribution in [0.5, 0.6) is 0 Å². The molecule has 2 aromatic rings. The van der Waals surface area contributed by atoms with E-state index >= 15 is 0 Å². The van der Waals surface area contributed by atoms with Gasteiger partial charge in [0.15, 0.2) is 0 Å². The molecule has 10 atom stereocenters. The van der Waals surface area contributed by atoms with E-state index in [2.05, 4.69) is 123 Å². The molecule has 0 aromatic heterocycles. The van der Waals surface area contributed by atoms with Crippen molar-refractivity contribution in [2.75, 3.05) is 6.61 Å². The van der Waals surface area contributed by atoms with Crippen LogP contribution < -0.4 is 10.4 Å². The SMILES string of the molecule is C=C(C)[C@@H]1CC[C@]2(CO[Si](c3ccccc3)(c3ccccc3)C(C)(C)C)CC[C@]3(C)C(CC[C@@H]4[C@@]5(C)CC[C@H](O)C(C)(C)[C@@H]5CC[C@]43C)[C@@H]12. The minimum absolute atomic E-state index is 0.00257. The van der Waals surface area contributed by atoms with E-state index in [1.807, 2.05) is 0 Å². The zero-order chi connectivity index (χ0) is 35.3. The van der Waals surface area contributed by atoms with E-state index in [9.17, 15) is 5.11 Å². The van der Waals surface area contributed by atoms with E-state index in [0.717, 1.165) is 18.9 Å². The number of allylic oxidation sites excluding steroid dienone is 1. The molecule has 5 fully saturated rings. The summed E-state index contributed by atoms with van der Waals surface area (Å²) in [5, 5.41) is 14.0. The van der Waals surface area contributed by atoms with Gasteiger partial charge in [0.1, 0.15) is 0 Å². The second-order valence-electron chi connectivity index (χ2n) is 20.4. The van der Waals surface area contributed by atoms with Gasteiger partial charge in [0.25, 0.3) is 8.32 Å². The number of rotatable bonds is 6. The van der Waals surface area contributed by atoms with Crippen LogP contribution in [0.15, 0.2) is 72.8 Å². The highest BCUT2D eigenvalue weighted by atomic mass is 28.4. The Kier molecular flexibility index (Phi) is 8.69. The highest BCUT2D eigenvalue weighted by molar-refractivity contribution is 6.99. The molecule has 49 heavy (non-hydrogen) atoms. The van der Waals surface area contributed by atoms with Crippen LogP contribution >= 0.6 is 0 Å². The van der Waals surface area contributed by atoms with Gasteiger partial charge in [0, 0.05) is 6.61 Å². The molecule has 7 rings (SSSR count). The first-order valence-electron chi connectivity index (χ1n) is 20.1. The third-order valence-corrected chi connectivity index (χ3v) is 22.2. The fourth-order valence-corrected chi connectivity index (χ4v) is 19.2.